The molecule has 0 aliphatic heterocycles. The highest BCUT2D eigenvalue weighted by Gasteiger charge is 2.40. The van der Waals surface area contributed by atoms with E-state index in [9.17, 15) is 13.6 Å². The molecule has 1 N–H and O–H groups in total. The summed E-state index contributed by atoms with van der Waals surface area (Å²) in [7, 11) is 0. The lowest BCUT2D eigenvalue weighted by molar-refractivity contribution is -0.136. The van der Waals surface area contributed by atoms with Crippen molar-refractivity contribution in [3.8, 4) is 5.75 Å². The number of carboxylic acids is 1. The van der Waals surface area contributed by atoms with Crippen LogP contribution >= 0.6 is 0 Å². The molecule has 0 radical (unpaired) electrons. The number of hydrogen-bond acceptors (Lipinski definition) is 3. The summed E-state index contributed by atoms with van der Waals surface area (Å²) in [4.78, 5) is 10.7. The zero-order valence-corrected chi connectivity index (χ0v) is 14.4. The van der Waals surface area contributed by atoms with Gasteiger partial charge in [0.05, 0.1) is 6.26 Å². The van der Waals surface area contributed by atoms with Crippen molar-refractivity contribution in [3.63, 3.8) is 0 Å². The summed E-state index contributed by atoms with van der Waals surface area (Å²) >= 11 is 0. The molecule has 4 nitrogen and oxygen atoms in total. The van der Waals surface area contributed by atoms with Gasteiger partial charge in [0.2, 0.25) is 0 Å². The molecule has 6 heteroatoms. The third-order valence-electron chi connectivity index (χ3n) is 4.42. The lowest BCUT2D eigenvalue weighted by Gasteiger charge is -2.12. The smallest absolute Gasteiger partial charge is 0.303 e. The van der Waals surface area contributed by atoms with Crippen molar-refractivity contribution in [1.82, 2.24) is 0 Å². The Kier molecular flexibility index (Phi) is 5.11. The second-order valence-electron chi connectivity index (χ2n) is 6.55. The first-order valence-electron chi connectivity index (χ1n) is 8.41. The fourth-order valence-corrected chi connectivity index (χ4v) is 3.16. The molecule has 0 spiro atoms. The molecule has 0 unspecified atom stereocenters. The highest BCUT2D eigenvalue weighted by molar-refractivity contribution is 5.69. The van der Waals surface area contributed by atoms with Crippen LogP contribution in [0.3, 0.4) is 0 Å². The molecule has 0 fully saturated rings. The van der Waals surface area contributed by atoms with Crippen molar-refractivity contribution in [2.75, 3.05) is 6.61 Å². The normalized spacial score (nSPS) is 16.1. The van der Waals surface area contributed by atoms with Crippen molar-refractivity contribution in [3.05, 3.63) is 59.1 Å². The van der Waals surface area contributed by atoms with Gasteiger partial charge in [-0.1, -0.05) is 12.1 Å². The number of alkyl halides is 2. The van der Waals surface area contributed by atoms with E-state index in [0.29, 0.717) is 29.1 Å². The summed E-state index contributed by atoms with van der Waals surface area (Å²) in [6, 6.07) is 8.78. The molecule has 3 rings (SSSR count). The first-order chi connectivity index (χ1) is 12.3. The van der Waals surface area contributed by atoms with E-state index in [0.717, 1.165) is 11.1 Å². The van der Waals surface area contributed by atoms with Gasteiger partial charge in [0.1, 0.15) is 18.1 Å². The molecule has 1 aliphatic rings. The molecular weight excluding hydrogens is 342 g/mol. The third kappa shape index (κ3) is 4.31. The van der Waals surface area contributed by atoms with Crippen LogP contribution in [0.25, 0.3) is 5.57 Å². The molecule has 2 aromatic rings. The fourth-order valence-electron chi connectivity index (χ4n) is 3.16. The van der Waals surface area contributed by atoms with Gasteiger partial charge in [-0.3, -0.25) is 4.79 Å². The second-order valence-corrected chi connectivity index (χ2v) is 6.55. The lowest BCUT2D eigenvalue weighted by atomic mass is 10.1. The summed E-state index contributed by atoms with van der Waals surface area (Å²) in [5.41, 5.74) is 2.80. The summed E-state index contributed by atoms with van der Waals surface area (Å²) in [5.74, 6) is -2.56. The van der Waals surface area contributed by atoms with Gasteiger partial charge in [-0.05, 0) is 48.2 Å². The molecule has 0 saturated heterocycles. The number of aryl methyl sites for hydroxylation is 2. The summed E-state index contributed by atoms with van der Waals surface area (Å²) in [6.45, 7) is 1.92. The van der Waals surface area contributed by atoms with E-state index in [1.807, 2.05) is 13.0 Å². The van der Waals surface area contributed by atoms with E-state index < -0.39 is 11.9 Å². The minimum atomic E-state index is -2.78. The molecule has 1 aromatic carbocycles. The zero-order chi connectivity index (χ0) is 18.7. The van der Waals surface area contributed by atoms with Gasteiger partial charge in [0, 0.05) is 24.8 Å². The average molecular weight is 362 g/mol. The van der Waals surface area contributed by atoms with Gasteiger partial charge in [0.25, 0.3) is 5.92 Å². The molecule has 0 amide bonds. The van der Waals surface area contributed by atoms with Crippen LogP contribution in [0, 0.1) is 6.92 Å². The number of carboxylic acid groups (broad SMARTS) is 1. The van der Waals surface area contributed by atoms with E-state index in [-0.39, 0.29) is 25.9 Å². The Labute approximate surface area is 150 Å². The Morgan fingerprint density at radius 3 is 2.77 bits per heavy atom. The van der Waals surface area contributed by atoms with Gasteiger partial charge < -0.3 is 14.3 Å². The standard InChI is InChI=1S/C20H20F2O4/c1-13-9-14(5-7-19(23)24)4-6-17(13)26-12-15-10-20(21,22)11-16(15)18-3-2-8-25-18/h2-4,6,8-9H,5,7,10-12H2,1H3,(H,23,24). The number of halogens is 2. The number of furan rings is 1. The minimum absolute atomic E-state index is 0.0636. The van der Waals surface area contributed by atoms with Crippen LogP contribution in [0.5, 0.6) is 5.75 Å². The maximum Gasteiger partial charge on any atom is 0.303 e. The van der Waals surface area contributed by atoms with Crippen LogP contribution in [0.4, 0.5) is 8.78 Å². The minimum Gasteiger partial charge on any atom is -0.489 e. The topological polar surface area (TPSA) is 59.7 Å². The van der Waals surface area contributed by atoms with Gasteiger partial charge >= 0.3 is 5.97 Å². The SMILES string of the molecule is Cc1cc(CCC(=O)O)ccc1OCC1=C(c2ccco2)CC(F)(F)C1. The van der Waals surface area contributed by atoms with Gasteiger partial charge in [-0.15, -0.1) is 0 Å². The molecule has 0 bridgehead atoms. The zero-order valence-electron chi connectivity index (χ0n) is 14.4. The van der Waals surface area contributed by atoms with Crippen LogP contribution in [0.1, 0.15) is 36.1 Å². The van der Waals surface area contributed by atoms with Crippen LogP contribution in [-0.2, 0) is 11.2 Å². The first-order valence-corrected chi connectivity index (χ1v) is 8.41. The quantitative estimate of drug-likeness (QED) is 0.764. The summed E-state index contributed by atoms with van der Waals surface area (Å²) in [6.07, 6.45) is 1.30. The largest absolute Gasteiger partial charge is 0.489 e. The Morgan fingerprint density at radius 1 is 1.31 bits per heavy atom. The number of carbonyl (C=O) groups is 1. The number of hydrogen-bond donors (Lipinski definition) is 1. The van der Waals surface area contributed by atoms with E-state index in [2.05, 4.69) is 0 Å². The van der Waals surface area contributed by atoms with Crippen LogP contribution in [0.15, 0.2) is 46.6 Å². The predicted molar refractivity (Wildman–Crippen MR) is 92.4 cm³/mol. The average Bonchev–Trinajstić information content (AvgIpc) is 3.19. The number of rotatable bonds is 7. The van der Waals surface area contributed by atoms with E-state index >= 15 is 0 Å². The van der Waals surface area contributed by atoms with Gasteiger partial charge in [-0.25, -0.2) is 8.78 Å². The Hall–Kier alpha value is -2.63. The fraction of sp³-hybridized carbons (Fsp3) is 0.350. The highest BCUT2D eigenvalue weighted by atomic mass is 19.3. The van der Waals surface area contributed by atoms with Crippen molar-refractivity contribution >= 4 is 11.5 Å². The first kappa shape index (κ1) is 18.2. The van der Waals surface area contributed by atoms with Crippen molar-refractivity contribution in [2.45, 2.75) is 38.5 Å². The Balaban J connectivity index is 1.71. The molecule has 1 heterocycles. The van der Waals surface area contributed by atoms with E-state index in [4.69, 9.17) is 14.3 Å². The van der Waals surface area contributed by atoms with Crippen molar-refractivity contribution < 1.29 is 27.8 Å². The van der Waals surface area contributed by atoms with Crippen molar-refractivity contribution in [2.24, 2.45) is 0 Å². The van der Waals surface area contributed by atoms with Crippen LogP contribution in [0.2, 0.25) is 0 Å². The lowest BCUT2D eigenvalue weighted by Crippen LogP contribution is -2.11. The number of allylic oxidation sites excluding steroid dienone is 1. The predicted octanol–water partition coefficient (Wildman–Crippen LogP) is 4.87. The monoisotopic (exact) mass is 362 g/mol. The van der Waals surface area contributed by atoms with E-state index in [1.165, 1.54) is 6.26 Å². The Bertz CT molecular complexity index is 822. The van der Waals surface area contributed by atoms with Crippen LogP contribution in [-0.4, -0.2) is 23.6 Å². The number of ether oxygens (including phenoxy) is 1. The van der Waals surface area contributed by atoms with Gasteiger partial charge in [0.15, 0.2) is 0 Å². The summed E-state index contributed by atoms with van der Waals surface area (Å²) in [5, 5.41) is 8.75. The molecular formula is C20H20F2O4. The number of aliphatic carboxylic acids is 1. The second kappa shape index (κ2) is 7.32. The molecule has 138 valence electrons. The molecule has 0 saturated carbocycles. The maximum atomic E-state index is 13.9. The highest BCUT2D eigenvalue weighted by Crippen LogP contribution is 2.44. The maximum absolute atomic E-state index is 13.9. The summed E-state index contributed by atoms with van der Waals surface area (Å²) < 4.78 is 38.8. The van der Waals surface area contributed by atoms with E-state index in [1.54, 1.807) is 24.3 Å². The van der Waals surface area contributed by atoms with Gasteiger partial charge in [-0.2, -0.15) is 0 Å². The number of benzene rings is 1. The molecule has 1 aliphatic carbocycles. The third-order valence-corrected chi connectivity index (χ3v) is 4.42. The van der Waals surface area contributed by atoms with Crippen LogP contribution < -0.4 is 4.74 Å². The Morgan fingerprint density at radius 2 is 2.12 bits per heavy atom. The molecule has 0 atom stereocenters. The molecule has 26 heavy (non-hydrogen) atoms. The van der Waals surface area contributed by atoms with Crippen molar-refractivity contribution in [1.29, 1.82) is 0 Å². The molecule has 1 aromatic heterocycles.